The number of hydrogen-bond donors (Lipinski definition) is 0. The van der Waals surface area contributed by atoms with Gasteiger partial charge in [-0.05, 0) is 40.2 Å². The van der Waals surface area contributed by atoms with Crippen LogP contribution in [-0.4, -0.2) is 15.0 Å². The van der Waals surface area contributed by atoms with Crippen LogP contribution in [0.1, 0.15) is 41.4 Å². The molecule has 0 aliphatic rings. The second-order valence-corrected chi connectivity index (χ2v) is 11.8. The Kier molecular flexibility index (Phi) is 4.20. The Morgan fingerprint density at radius 3 is 1.84 bits per heavy atom. The SMILES string of the molecule is [2H]c1c([2H])c([2H])c(-c2c([2H])c([2H])c3sc4c([2H])c(-c5nc(-c6ccc([N+]#[C-])cc6)nc(-c6ccc(C(C)(C)C)cc6)n5)c([2H])c([2H])c4c3c2[2H])c([2H])c1[2H]. The van der Waals surface area contributed by atoms with Gasteiger partial charge in [-0.3, -0.25) is 0 Å². The van der Waals surface area contributed by atoms with Gasteiger partial charge in [-0.25, -0.2) is 19.8 Å². The van der Waals surface area contributed by atoms with Crippen molar-refractivity contribution in [1.82, 2.24) is 15.0 Å². The first kappa shape index (κ1) is 17.1. The predicted octanol–water partition coefficient (Wildman–Crippen LogP) is 10.8. The zero-order valence-corrected chi connectivity index (χ0v) is 24.1. The molecule has 0 saturated carbocycles. The van der Waals surface area contributed by atoms with Gasteiger partial charge in [0, 0.05) is 36.9 Å². The molecule has 7 aromatic rings. The molecule has 2 aromatic heterocycles. The number of thiophene rings is 1. The number of aromatic nitrogens is 3. The van der Waals surface area contributed by atoms with Crippen LogP contribution in [0.5, 0.6) is 0 Å². The quantitative estimate of drug-likeness (QED) is 0.194. The molecule has 0 radical (unpaired) electrons. The summed E-state index contributed by atoms with van der Waals surface area (Å²) in [5, 5.41) is -0.0462. The van der Waals surface area contributed by atoms with E-state index >= 15 is 0 Å². The number of nitrogens with zero attached hydrogens (tertiary/aromatic N) is 4. The van der Waals surface area contributed by atoms with Crippen molar-refractivity contribution in [3.8, 4) is 45.3 Å². The molecule has 0 atom stereocenters. The molecule has 0 amide bonds. The summed E-state index contributed by atoms with van der Waals surface area (Å²) in [5.74, 6) is 0.387. The van der Waals surface area contributed by atoms with Crippen molar-refractivity contribution in [3.63, 3.8) is 0 Å². The molecule has 0 spiro atoms. The van der Waals surface area contributed by atoms with Gasteiger partial charge in [0.1, 0.15) is 0 Å². The highest BCUT2D eigenvalue weighted by Gasteiger charge is 2.17. The first-order valence-electron chi connectivity index (χ1n) is 18.8. The van der Waals surface area contributed by atoms with Gasteiger partial charge in [0.2, 0.25) is 0 Å². The molecule has 0 aliphatic heterocycles. The Labute approximate surface area is 270 Å². The third-order valence-electron chi connectivity index (χ3n) is 6.88. The molecule has 43 heavy (non-hydrogen) atoms. The molecule has 5 heteroatoms. The first-order chi connectivity index (χ1) is 25.5. The molecule has 2 heterocycles. The number of hydrogen-bond acceptors (Lipinski definition) is 4. The average molecular weight is 584 g/mol. The Morgan fingerprint density at radius 2 is 1.21 bits per heavy atom. The molecular formula is C38H28N4S. The van der Waals surface area contributed by atoms with Gasteiger partial charge >= 0.3 is 0 Å². The summed E-state index contributed by atoms with van der Waals surface area (Å²) in [4.78, 5) is 17.5. The summed E-state index contributed by atoms with van der Waals surface area (Å²) in [6.45, 7) is 13.6. The maximum Gasteiger partial charge on any atom is 0.187 e. The monoisotopic (exact) mass is 583 g/mol. The summed E-state index contributed by atoms with van der Waals surface area (Å²) in [7, 11) is 0. The van der Waals surface area contributed by atoms with Gasteiger partial charge in [0.15, 0.2) is 23.2 Å². The number of fused-ring (bicyclic) bond motifs is 3. The van der Waals surface area contributed by atoms with Gasteiger partial charge < -0.3 is 0 Å². The van der Waals surface area contributed by atoms with Crippen molar-refractivity contribution in [2.45, 2.75) is 26.2 Å². The summed E-state index contributed by atoms with van der Waals surface area (Å²) in [6, 6.07) is 8.52. The van der Waals surface area contributed by atoms with Crippen molar-refractivity contribution in [3.05, 3.63) is 132 Å². The third kappa shape index (κ3) is 5.18. The Bertz CT molecular complexity index is 2740. The lowest BCUT2D eigenvalue weighted by atomic mass is 9.87. The summed E-state index contributed by atoms with van der Waals surface area (Å²) in [6.07, 6.45) is 0. The van der Waals surface area contributed by atoms with E-state index in [4.69, 9.17) is 26.1 Å². The van der Waals surface area contributed by atoms with E-state index in [0.717, 1.165) is 16.9 Å². The van der Waals surface area contributed by atoms with Crippen LogP contribution in [0.4, 0.5) is 5.69 Å². The van der Waals surface area contributed by atoms with E-state index in [2.05, 4.69) is 30.6 Å². The van der Waals surface area contributed by atoms with Crippen LogP contribution in [0.25, 0.3) is 70.3 Å². The maximum atomic E-state index is 9.38. The van der Waals surface area contributed by atoms with Crippen LogP contribution in [0.3, 0.4) is 0 Å². The lowest BCUT2D eigenvalue weighted by Crippen LogP contribution is -2.10. The highest BCUT2D eigenvalue weighted by molar-refractivity contribution is 7.25. The topological polar surface area (TPSA) is 43.0 Å². The fourth-order valence-electron chi connectivity index (χ4n) is 4.55. The first-order valence-corrected chi connectivity index (χ1v) is 14.2. The van der Waals surface area contributed by atoms with E-state index in [-0.39, 0.29) is 60.2 Å². The minimum atomic E-state index is -0.664. The van der Waals surface area contributed by atoms with E-state index in [1.807, 2.05) is 24.3 Å². The normalized spacial score (nSPS) is 15.2. The van der Waals surface area contributed by atoms with E-state index in [1.165, 1.54) is 0 Å². The molecule has 206 valence electrons. The molecule has 5 aromatic carbocycles. The Balaban J connectivity index is 1.52. The lowest BCUT2D eigenvalue weighted by molar-refractivity contribution is 0.590. The minimum absolute atomic E-state index is 0.0112. The van der Waals surface area contributed by atoms with Crippen LogP contribution >= 0.6 is 11.3 Å². The van der Waals surface area contributed by atoms with E-state index < -0.39 is 66.0 Å². The molecule has 0 aliphatic carbocycles. The second kappa shape index (κ2) is 10.6. The smallest absolute Gasteiger partial charge is 0.187 e. The maximum absolute atomic E-state index is 9.38. The van der Waals surface area contributed by atoms with Gasteiger partial charge in [0.25, 0.3) is 0 Å². The predicted molar refractivity (Wildman–Crippen MR) is 179 cm³/mol. The largest absolute Gasteiger partial charge is 0.238 e. The molecule has 4 nitrogen and oxygen atoms in total. The van der Waals surface area contributed by atoms with Gasteiger partial charge in [0.05, 0.1) is 21.7 Å². The van der Waals surface area contributed by atoms with E-state index in [1.54, 1.807) is 24.3 Å². The summed E-state index contributed by atoms with van der Waals surface area (Å²) < 4.78 is 96.2. The van der Waals surface area contributed by atoms with Crippen LogP contribution in [0.15, 0.2) is 115 Å². The molecular weight excluding hydrogens is 545 g/mol. The Morgan fingerprint density at radius 1 is 0.605 bits per heavy atom. The summed E-state index contributed by atoms with van der Waals surface area (Å²) in [5.41, 5.74) is 1.68. The van der Waals surface area contributed by atoms with Crippen molar-refractivity contribution in [2.75, 3.05) is 0 Å². The fourth-order valence-corrected chi connectivity index (χ4v) is 5.52. The highest BCUT2D eigenvalue weighted by atomic mass is 32.1. The molecule has 0 saturated heterocycles. The van der Waals surface area contributed by atoms with Crippen molar-refractivity contribution in [1.29, 1.82) is 0 Å². The van der Waals surface area contributed by atoms with Crippen LogP contribution in [-0.2, 0) is 5.41 Å². The number of benzene rings is 5. The summed E-state index contributed by atoms with van der Waals surface area (Å²) >= 11 is 0.890. The third-order valence-corrected chi connectivity index (χ3v) is 7.90. The van der Waals surface area contributed by atoms with Crippen molar-refractivity contribution < 1.29 is 15.1 Å². The van der Waals surface area contributed by atoms with Crippen molar-refractivity contribution in [2.24, 2.45) is 0 Å². The second-order valence-electron chi connectivity index (χ2n) is 10.8. The van der Waals surface area contributed by atoms with Crippen LogP contribution in [0, 0.1) is 6.57 Å². The fraction of sp³-hybridized carbons (Fsp3) is 0.105. The van der Waals surface area contributed by atoms with Gasteiger partial charge in [-0.2, -0.15) is 0 Å². The molecule has 0 fully saturated rings. The Hall–Kier alpha value is -5.18. The minimum Gasteiger partial charge on any atom is -0.238 e. The van der Waals surface area contributed by atoms with Gasteiger partial charge in [-0.1, -0.05) is 118 Å². The van der Waals surface area contributed by atoms with Crippen LogP contribution < -0.4 is 0 Å². The molecule has 0 unspecified atom stereocenters. The molecule has 7 rings (SSSR count). The number of rotatable bonds is 4. The van der Waals surface area contributed by atoms with Crippen molar-refractivity contribution >= 4 is 37.2 Å². The average Bonchev–Trinajstić information content (AvgIpc) is 3.57. The van der Waals surface area contributed by atoms with Gasteiger partial charge in [-0.15, -0.1) is 11.3 Å². The molecule has 0 N–H and O–H groups in total. The van der Waals surface area contributed by atoms with E-state index in [9.17, 15) is 5.48 Å². The standard InChI is InChI=1S/C38H28N4S/c1-38(2,3)29-16-10-25(11-17-29)35-40-36(26-12-18-30(39-4)19-13-26)42-37(41-35)28-14-20-31-32-22-27(24-8-6-5-7-9-24)15-21-33(32)43-34(31)23-28/h5-23H,1-3H3/i5D,6D,7D,8D,9D,14D,15D,20D,21D,22D,23D. The van der Waals surface area contributed by atoms with E-state index in [0.29, 0.717) is 16.8 Å². The lowest BCUT2D eigenvalue weighted by Gasteiger charge is -2.19. The molecule has 0 bridgehead atoms. The zero-order chi connectivity index (χ0) is 39.1. The zero-order valence-electron chi connectivity index (χ0n) is 34.3. The van der Waals surface area contributed by atoms with Crippen LogP contribution in [0.2, 0.25) is 0 Å². The highest BCUT2D eigenvalue weighted by Crippen LogP contribution is 2.38.